The number of hydrogen-bond acceptors (Lipinski definition) is 3. The zero-order valence-electron chi connectivity index (χ0n) is 14.5. The molecule has 0 unspecified atom stereocenters. The molecule has 0 saturated carbocycles. The average molecular weight is 359 g/mol. The summed E-state index contributed by atoms with van der Waals surface area (Å²) in [5.74, 6) is -0.165. The highest BCUT2D eigenvalue weighted by molar-refractivity contribution is 6.15. The molecule has 0 spiro atoms. The number of halogens is 1. The molecule has 25 heavy (non-hydrogen) atoms. The molecule has 1 N–H and O–H groups in total. The summed E-state index contributed by atoms with van der Waals surface area (Å²) >= 11 is 0. The second kappa shape index (κ2) is 8.28. The monoisotopic (exact) mass is 358 g/mol. The van der Waals surface area contributed by atoms with Gasteiger partial charge in [0.1, 0.15) is 0 Å². The molecule has 5 heteroatoms. The second-order valence-corrected chi connectivity index (χ2v) is 6.22. The van der Waals surface area contributed by atoms with E-state index in [1.165, 1.54) is 0 Å². The third-order valence-electron chi connectivity index (χ3n) is 4.58. The Morgan fingerprint density at radius 1 is 0.920 bits per heavy atom. The second-order valence-electron chi connectivity index (χ2n) is 6.22. The largest absolute Gasteiger partial charge is 0.336 e. The van der Waals surface area contributed by atoms with Crippen LogP contribution < -0.4 is 5.32 Å². The molecular formula is C20H23ClN2O2. The van der Waals surface area contributed by atoms with Crippen LogP contribution in [0.4, 0.5) is 0 Å². The minimum Gasteiger partial charge on any atom is -0.336 e. The summed E-state index contributed by atoms with van der Waals surface area (Å²) in [6.45, 7) is 6.93. The van der Waals surface area contributed by atoms with Crippen LogP contribution >= 0.6 is 12.4 Å². The molecule has 0 aromatic heterocycles. The fraction of sp³-hybridized carbons (Fsp3) is 0.300. The number of aryl methyl sites for hydroxylation is 2. The number of rotatable bonds is 3. The molecule has 132 valence electrons. The van der Waals surface area contributed by atoms with Gasteiger partial charge in [-0.1, -0.05) is 30.3 Å². The molecular weight excluding hydrogens is 336 g/mol. The maximum Gasteiger partial charge on any atom is 0.254 e. The smallest absolute Gasteiger partial charge is 0.254 e. The lowest BCUT2D eigenvalue weighted by Gasteiger charge is -2.28. The number of hydrogen-bond donors (Lipinski definition) is 1. The molecule has 2 aromatic rings. The van der Waals surface area contributed by atoms with E-state index in [0.29, 0.717) is 29.8 Å². The first kappa shape index (κ1) is 19.2. The molecule has 1 aliphatic heterocycles. The van der Waals surface area contributed by atoms with E-state index in [4.69, 9.17) is 0 Å². The van der Waals surface area contributed by atoms with Crippen LogP contribution in [0.25, 0.3) is 0 Å². The number of piperazine rings is 1. The Bertz CT molecular complexity index is 783. The minimum absolute atomic E-state index is 0. The van der Waals surface area contributed by atoms with Gasteiger partial charge in [0, 0.05) is 37.3 Å². The molecule has 1 saturated heterocycles. The predicted molar refractivity (Wildman–Crippen MR) is 102 cm³/mol. The highest BCUT2D eigenvalue weighted by Gasteiger charge is 2.23. The summed E-state index contributed by atoms with van der Waals surface area (Å²) in [4.78, 5) is 27.6. The van der Waals surface area contributed by atoms with E-state index in [0.717, 1.165) is 24.2 Å². The topological polar surface area (TPSA) is 49.4 Å². The predicted octanol–water partition coefficient (Wildman–Crippen LogP) is 3.00. The van der Waals surface area contributed by atoms with Gasteiger partial charge in [0.05, 0.1) is 5.56 Å². The zero-order valence-corrected chi connectivity index (χ0v) is 15.4. The van der Waals surface area contributed by atoms with E-state index in [-0.39, 0.29) is 24.1 Å². The van der Waals surface area contributed by atoms with Crippen molar-refractivity contribution in [1.29, 1.82) is 0 Å². The summed E-state index contributed by atoms with van der Waals surface area (Å²) in [7, 11) is 0. The minimum atomic E-state index is -0.0998. The molecule has 1 heterocycles. The lowest BCUT2D eigenvalue weighted by Crippen LogP contribution is -2.46. The number of nitrogens with zero attached hydrogens (tertiary/aromatic N) is 1. The van der Waals surface area contributed by atoms with Crippen LogP contribution in [0, 0.1) is 13.8 Å². The quantitative estimate of drug-likeness (QED) is 0.858. The SMILES string of the molecule is Cc1ccc(C(=O)c2ccccc2C(=O)N2CCNCC2)cc1C.Cl. The van der Waals surface area contributed by atoms with Gasteiger partial charge in [0.2, 0.25) is 0 Å². The van der Waals surface area contributed by atoms with Gasteiger partial charge in [-0.15, -0.1) is 12.4 Å². The number of nitrogens with one attached hydrogen (secondary N) is 1. The van der Waals surface area contributed by atoms with Gasteiger partial charge in [-0.25, -0.2) is 0 Å². The summed E-state index contributed by atoms with van der Waals surface area (Å²) in [6.07, 6.45) is 0. The Morgan fingerprint density at radius 2 is 1.56 bits per heavy atom. The van der Waals surface area contributed by atoms with E-state index in [1.807, 2.05) is 49.1 Å². The lowest BCUT2D eigenvalue weighted by molar-refractivity contribution is 0.0732. The van der Waals surface area contributed by atoms with E-state index in [1.54, 1.807) is 12.1 Å². The van der Waals surface area contributed by atoms with Crippen molar-refractivity contribution in [2.75, 3.05) is 26.2 Å². The third-order valence-corrected chi connectivity index (χ3v) is 4.58. The number of amides is 1. The molecule has 0 atom stereocenters. The molecule has 2 aromatic carbocycles. The number of carbonyl (C=O) groups is 2. The first-order chi connectivity index (χ1) is 11.6. The Kier molecular flexibility index (Phi) is 6.34. The fourth-order valence-electron chi connectivity index (χ4n) is 2.94. The van der Waals surface area contributed by atoms with Crippen molar-refractivity contribution in [2.45, 2.75) is 13.8 Å². The Hall–Kier alpha value is -2.17. The van der Waals surface area contributed by atoms with Crippen LogP contribution in [0.5, 0.6) is 0 Å². The molecule has 1 fully saturated rings. The van der Waals surface area contributed by atoms with Gasteiger partial charge >= 0.3 is 0 Å². The average Bonchev–Trinajstić information content (AvgIpc) is 2.63. The highest BCUT2D eigenvalue weighted by Crippen LogP contribution is 2.19. The molecule has 1 amide bonds. The molecule has 4 nitrogen and oxygen atoms in total. The molecule has 3 rings (SSSR count). The molecule has 1 aliphatic rings. The van der Waals surface area contributed by atoms with Crippen molar-refractivity contribution in [1.82, 2.24) is 10.2 Å². The first-order valence-electron chi connectivity index (χ1n) is 8.29. The van der Waals surface area contributed by atoms with Crippen LogP contribution in [0.1, 0.15) is 37.4 Å². The van der Waals surface area contributed by atoms with Gasteiger partial charge in [0.15, 0.2) is 5.78 Å². The van der Waals surface area contributed by atoms with E-state index < -0.39 is 0 Å². The van der Waals surface area contributed by atoms with Gasteiger partial charge in [-0.3, -0.25) is 9.59 Å². The number of ketones is 1. The van der Waals surface area contributed by atoms with Crippen molar-refractivity contribution >= 4 is 24.1 Å². The summed E-state index contributed by atoms with van der Waals surface area (Å²) in [6, 6.07) is 12.8. The third kappa shape index (κ3) is 4.09. The number of benzene rings is 2. The van der Waals surface area contributed by atoms with E-state index in [9.17, 15) is 9.59 Å². The van der Waals surface area contributed by atoms with Crippen molar-refractivity contribution < 1.29 is 9.59 Å². The van der Waals surface area contributed by atoms with Crippen LogP contribution in [0.15, 0.2) is 42.5 Å². The van der Waals surface area contributed by atoms with Crippen molar-refractivity contribution in [3.05, 3.63) is 70.3 Å². The normalized spacial score (nSPS) is 13.9. The van der Waals surface area contributed by atoms with Crippen LogP contribution in [-0.2, 0) is 0 Å². The van der Waals surface area contributed by atoms with Crippen LogP contribution in [-0.4, -0.2) is 42.8 Å². The molecule has 0 aliphatic carbocycles. The summed E-state index contributed by atoms with van der Waals surface area (Å²) in [5.41, 5.74) is 3.81. The fourth-order valence-corrected chi connectivity index (χ4v) is 2.94. The highest BCUT2D eigenvalue weighted by atomic mass is 35.5. The first-order valence-corrected chi connectivity index (χ1v) is 8.29. The van der Waals surface area contributed by atoms with E-state index >= 15 is 0 Å². The van der Waals surface area contributed by atoms with Gasteiger partial charge < -0.3 is 10.2 Å². The maximum absolute atomic E-state index is 12.9. The maximum atomic E-state index is 12.9. The number of carbonyl (C=O) groups excluding carboxylic acids is 2. The van der Waals surface area contributed by atoms with E-state index in [2.05, 4.69) is 5.32 Å². The summed E-state index contributed by atoms with van der Waals surface area (Å²) in [5, 5.41) is 3.23. The summed E-state index contributed by atoms with van der Waals surface area (Å²) < 4.78 is 0. The Balaban J connectivity index is 0.00000225. The van der Waals surface area contributed by atoms with Crippen molar-refractivity contribution in [3.8, 4) is 0 Å². The van der Waals surface area contributed by atoms with Crippen molar-refractivity contribution in [2.24, 2.45) is 0 Å². The Labute approximate surface area is 154 Å². The zero-order chi connectivity index (χ0) is 17.1. The van der Waals surface area contributed by atoms with Gasteiger partial charge in [-0.2, -0.15) is 0 Å². The van der Waals surface area contributed by atoms with Crippen LogP contribution in [0.2, 0.25) is 0 Å². The van der Waals surface area contributed by atoms with Crippen molar-refractivity contribution in [3.63, 3.8) is 0 Å². The van der Waals surface area contributed by atoms with Crippen LogP contribution in [0.3, 0.4) is 0 Å². The van der Waals surface area contributed by atoms with Gasteiger partial charge in [0.25, 0.3) is 5.91 Å². The molecule has 0 bridgehead atoms. The van der Waals surface area contributed by atoms with Gasteiger partial charge in [-0.05, 0) is 37.1 Å². The molecule has 0 radical (unpaired) electrons. The standard InChI is InChI=1S/C20H22N2O2.ClH/c1-14-7-8-16(13-15(14)2)19(23)17-5-3-4-6-18(17)20(24)22-11-9-21-10-12-22;/h3-8,13,21H,9-12H2,1-2H3;1H. The Morgan fingerprint density at radius 3 is 2.20 bits per heavy atom. The lowest BCUT2D eigenvalue weighted by atomic mass is 9.95.